The number of hydrogen-bond donors (Lipinski definition) is 1. The predicted molar refractivity (Wildman–Crippen MR) is 90.6 cm³/mol. The van der Waals surface area contributed by atoms with Gasteiger partial charge >= 0.3 is 0 Å². The van der Waals surface area contributed by atoms with E-state index in [4.69, 9.17) is 9.47 Å². The molecular weight excluding hydrogens is 278 g/mol. The van der Waals surface area contributed by atoms with Crippen LogP contribution in [0, 0.1) is 5.92 Å². The summed E-state index contributed by atoms with van der Waals surface area (Å²) in [5.41, 5.74) is 1.14. The van der Waals surface area contributed by atoms with Crippen LogP contribution in [0.3, 0.4) is 0 Å². The highest BCUT2D eigenvalue weighted by Crippen LogP contribution is 2.23. The molecule has 126 valence electrons. The first-order chi connectivity index (χ1) is 10.5. The second kappa shape index (κ2) is 9.70. The Morgan fingerprint density at radius 1 is 1.09 bits per heavy atom. The van der Waals surface area contributed by atoms with Crippen LogP contribution in [0.4, 0.5) is 0 Å². The zero-order chi connectivity index (χ0) is 16.5. The van der Waals surface area contributed by atoms with Crippen LogP contribution in [0.5, 0.6) is 11.5 Å². The number of benzene rings is 1. The van der Waals surface area contributed by atoms with Crippen LogP contribution in [0.15, 0.2) is 18.2 Å². The molecule has 0 amide bonds. The molecule has 0 aliphatic rings. The third kappa shape index (κ3) is 6.67. The van der Waals surface area contributed by atoms with Crippen LogP contribution in [-0.4, -0.2) is 43.4 Å². The van der Waals surface area contributed by atoms with E-state index < -0.39 is 0 Å². The Morgan fingerprint density at radius 3 is 2.14 bits per heavy atom. The van der Waals surface area contributed by atoms with Crippen molar-refractivity contribution in [3.63, 3.8) is 0 Å². The zero-order valence-corrected chi connectivity index (χ0v) is 14.6. The Kier molecular flexibility index (Phi) is 8.28. The molecule has 0 aliphatic heterocycles. The lowest BCUT2D eigenvalue weighted by atomic mass is 10.1. The van der Waals surface area contributed by atoms with Crippen molar-refractivity contribution >= 4 is 0 Å². The van der Waals surface area contributed by atoms with Gasteiger partial charge in [-0.25, -0.2) is 0 Å². The van der Waals surface area contributed by atoms with Crippen molar-refractivity contribution in [1.82, 2.24) is 4.90 Å². The van der Waals surface area contributed by atoms with Crippen molar-refractivity contribution in [2.24, 2.45) is 5.92 Å². The molecule has 0 heterocycles. The van der Waals surface area contributed by atoms with E-state index in [0.717, 1.165) is 43.0 Å². The van der Waals surface area contributed by atoms with Gasteiger partial charge < -0.3 is 14.6 Å². The van der Waals surface area contributed by atoms with Crippen LogP contribution in [0.2, 0.25) is 0 Å². The third-order valence-electron chi connectivity index (χ3n) is 3.78. The highest BCUT2D eigenvalue weighted by Gasteiger charge is 2.13. The molecule has 1 aromatic carbocycles. The SMILES string of the molecule is CC[C@@H](O)CN(CCC(C)C)Cc1cc(OC)cc(OC)c1. The quantitative estimate of drug-likeness (QED) is 0.720. The fourth-order valence-corrected chi connectivity index (χ4v) is 2.32. The van der Waals surface area contributed by atoms with E-state index in [-0.39, 0.29) is 6.10 Å². The van der Waals surface area contributed by atoms with E-state index in [2.05, 4.69) is 18.7 Å². The molecule has 0 saturated heterocycles. The molecule has 1 aromatic rings. The Balaban J connectivity index is 2.82. The van der Waals surface area contributed by atoms with E-state index in [1.807, 2.05) is 25.1 Å². The highest BCUT2D eigenvalue weighted by atomic mass is 16.5. The molecule has 22 heavy (non-hydrogen) atoms. The summed E-state index contributed by atoms with van der Waals surface area (Å²) in [6, 6.07) is 5.94. The standard InChI is InChI=1S/C18H31NO3/c1-6-16(20)13-19(8-7-14(2)3)12-15-9-17(21-4)11-18(10-15)22-5/h9-11,14,16,20H,6-8,12-13H2,1-5H3/t16-/m1/s1. The summed E-state index contributed by atoms with van der Waals surface area (Å²) in [6.45, 7) is 8.93. The van der Waals surface area contributed by atoms with Gasteiger partial charge in [-0.15, -0.1) is 0 Å². The molecule has 1 rings (SSSR count). The van der Waals surface area contributed by atoms with Crippen molar-refractivity contribution in [3.05, 3.63) is 23.8 Å². The van der Waals surface area contributed by atoms with Crippen molar-refractivity contribution in [2.45, 2.75) is 46.3 Å². The lowest BCUT2D eigenvalue weighted by Crippen LogP contribution is -2.33. The molecule has 0 aromatic heterocycles. The predicted octanol–water partition coefficient (Wildman–Crippen LogP) is 3.32. The van der Waals surface area contributed by atoms with Crippen LogP contribution in [0.25, 0.3) is 0 Å². The molecule has 0 saturated carbocycles. The van der Waals surface area contributed by atoms with Gasteiger partial charge in [-0.2, -0.15) is 0 Å². The number of rotatable bonds is 10. The van der Waals surface area contributed by atoms with Crippen LogP contribution in [0.1, 0.15) is 39.2 Å². The van der Waals surface area contributed by atoms with E-state index in [1.165, 1.54) is 0 Å². The first-order valence-corrected chi connectivity index (χ1v) is 8.10. The highest BCUT2D eigenvalue weighted by molar-refractivity contribution is 5.38. The van der Waals surface area contributed by atoms with Crippen molar-refractivity contribution in [2.75, 3.05) is 27.3 Å². The van der Waals surface area contributed by atoms with Gasteiger partial charge in [-0.05, 0) is 43.0 Å². The maximum absolute atomic E-state index is 9.98. The summed E-state index contributed by atoms with van der Waals surface area (Å²) in [4.78, 5) is 2.31. The number of aliphatic hydroxyl groups excluding tert-OH is 1. The molecular formula is C18H31NO3. The molecule has 0 radical (unpaired) electrons. The Hall–Kier alpha value is -1.26. The Morgan fingerprint density at radius 2 is 1.68 bits per heavy atom. The molecule has 0 bridgehead atoms. The molecule has 0 aliphatic carbocycles. The van der Waals surface area contributed by atoms with Gasteiger partial charge in [0.1, 0.15) is 11.5 Å². The van der Waals surface area contributed by atoms with Crippen LogP contribution in [-0.2, 0) is 6.54 Å². The first-order valence-electron chi connectivity index (χ1n) is 8.10. The summed E-state index contributed by atoms with van der Waals surface area (Å²) in [5, 5.41) is 9.98. The van der Waals surface area contributed by atoms with Crippen LogP contribution < -0.4 is 9.47 Å². The second-order valence-electron chi connectivity index (χ2n) is 6.20. The van der Waals surface area contributed by atoms with Crippen molar-refractivity contribution in [1.29, 1.82) is 0 Å². The van der Waals surface area contributed by atoms with E-state index in [9.17, 15) is 5.11 Å². The molecule has 0 unspecified atom stereocenters. The van der Waals surface area contributed by atoms with Crippen molar-refractivity contribution < 1.29 is 14.6 Å². The lowest BCUT2D eigenvalue weighted by molar-refractivity contribution is 0.102. The fourth-order valence-electron chi connectivity index (χ4n) is 2.32. The number of hydrogen-bond acceptors (Lipinski definition) is 4. The third-order valence-corrected chi connectivity index (χ3v) is 3.78. The normalized spacial score (nSPS) is 12.7. The summed E-state index contributed by atoms with van der Waals surface area (Å²) in [5.74, 6) is 2.25. The Labute approximate surface area is 135 Å². The minimum atomic E-state index is -0.278. The van der Waals surface area contributed by atoms with Gasteiger partial charge in [0, 0.05) is 19.2 Å². The minimum absolute atomic E-state index is 0.278. The largest absolute Gasteiger partial charge is 0.497 e. The Bertz CT molecular complexity index is 412. The van der Waals surface area contributed by atoms with Gasteiger partial charge in [-0.3, -0.25) is 4.90 Å². The monoisotopic (exact) mass is 309 g/mol. The molecule has 4 heteroatoms. The molecule has 1 N–H and O–H groups in total. The lowest BCUT2D eigenvalue weighted by Gasteiger charge is -2.26. The van der Waals surface area contributed by atoms with Gasteiger partial charge in [-0.1, -0.05) is 20.8 Å². The second-order valence-corrected chi connectivity index (χ2v) is 6.20. The smallest absolute Gasteiger partial charge is 0.122 e. The van der Waals surface area contributed by atoms with Gasteiger partial charge in [0.05, 0.1) is 20.3 Å². The summed E-state index contributed by atoms with van der Waals surface area (Å²) in [6.07, 6.45) is 1.62. The zero-order valence-electron chi connectivity index (χ0n) is 14.6. The van der Waals surface area contributed by atoms with E-state index >= 15 is 0 Å². The maximum Gasteiger partial charge on any atom is 0.122 e. The molecule has 4 nitrogen and oxygen atoms in total. The summed E-state index contributed by atoms with van der Waals surface area (Å²) >= 11 is 0. The number of ether oxygens (including phenoxy) is 2. The number of aliphatic hydroxyl groups is 1. The topological polar surface area (TPSA) is 41.9 Å². The van der Waals surface area contributed by atoms with Gasteiger partial charge in [0.2, 0.25) is 0 Å². The first kappa shape index (κ1) is 18.8. The average Bonchev–Trinajstić information content (AvgIpc) is 2.51. The molecule has 0 fully saturated rings. The van der Waals surface area contributed by atoms with Gasteiger partial charge in [0.15, 0.2) is 0 Å². The summed E-state index contributed by atoms with van der Waals surface area (Å²) in [7, 11) is 3.33. The van der Waals surface area contributed by atoms with E-state index in [0.29, 0.717) is 12.5 Å². The fraction of sp³-hybridized carbons (Fsp3) is 0.667. The average molecular weight is 309 g/mol. The van der Waals surface area contributed by atoms with Gasteiger partial charge in [0.25, 0.3) is 0 Å². The maximum atomic E-state index is 9.98. The van der Waals surface area contributed by atoms with Crippen molar-refractivity contribution in [3.8, 4) is 11.5 Å². The van der Waals surface area contributed by atoms with E-state index in [1.54, 1.807) is 14.2 Å². The number of methoxy groups -OCH3 is 2. The minimum Gasteiger partial charge on any atom is -0.497 e. The summed E-state index contributed by atoms with van der Waals surface area (Å²) < 4.78 is 10.7. The molecule has 0 spiro atoms. The number of nitrogens with zero attached hydrogens (tertiary/aromatic N) is 1. The van der Waals surface area contributed by atoms with Crippen LogP contribution >= 0.6 is 0 Å². The molecule has 1 atom stereocenters.